The number of aliphatic hydroxyl groups is 1. The minimum atomic E-state index is -0.636. The van der Waals surface area contributed by atoms with E-state index < -0.39 is 5.72 Å². The molecule has 0 bridgehead atoms. The lowest BCUT2D eigenvalue weighted by Gasteiger charge is -2.36. The van der Waals surface area contributed by atoms with Crippen molar-refractivity contribution in [2.24, 2.45) is 0 Å². The molecule has 0 aromatic heterocycles. The minimum absolute atomic E-state index is 0.0959. The van der Waals surface area contributed by atoms with Crippen LogP contribution in [0.3, 0.4) is 0 Å². The predicted molar refractivity (Wildman–Crippen MR) is 86.5 cm³/mol. The van der Waals surface area contributed by atoms with E-state index in [1.807, 2.05) is 45.9 Å². The van der Waals surface area contributed by atoms with Crippen LogP contribution in [0, 0.1) is 0 Å². The number of carbonyl (C=O) groups excluding carboxylic acids is 1. The quantitative estimate of drug-likeness (QED) is 0.579. The maximum Gasteiger partial charge on any atom is 0.412 e. The molecule has 5 nitrogen and oxygen atoms in total. The summed E-state index contributed by atoms with van der Waals surface area (Å²) in [4.78, 5) is 13.9. The van der Waals surface area contributed by atoms with Crippen molar-refractivity contribution in [3.8, 4) is 0 Å². The predicted octanol–water partition coefficient (Wildman–Crippen LogP) is 3.24. The number of hydrogen-bond acceptors (Lipinski definition) is 4. The highest BCUT2D eigenvalue weighted by atomic mass is 16.6. The summed E-state index contributed by atoms with van der Waals surface area (Å²) in [7, 11) is 0. The van der Waals surface area contributed by atoms with Gasteiger partial charge in [-0.2, -0.15) is 0 Å². The number of hydrogen-bond donors (Lipinski definition) is 1. The van der Waals surface area contributed by atoms with Crippen LogP contribution >= 0.6 is 0 Å². The van der Waals surface area contributed by atoms with E-state index in [1.54, 1.807) is 11.0 Å². The van der Waals surface area contributed by atoms with E-state index in [1.165, 1.54) is 0 Å². The third kappa shape index (κ3) is 5.46. The standard InChI is InChI=1S/C17H29NO4/c1-16(2)14-22-17(3,4)18(16)15(20)21-13-11-9-7-5-6-8-10-12-19/h8-11,19H,5-7,12-14H2,1-4H3/b10-8+,11-9+. The van der Waals surface area contributed by atoms with Gasteiger partial charge in [0.2, 0.25) is 0 Å². The molecule has 1 N–H and O–H groups in total. The summed E-state index contributed by atoms with van der Waals surface area (Å²) in [6.45, 7) is 8.56. The fraction of sp³-hybridized carbons (Fsp3) is 0.706. The first kappa shape index (κ1) is 18.7. The van der Waals surface area contributed by atoms with Crippen LogP contribution < -0.4 is 0 Å². The van der Waals surface area contributed by atoms with Crippen molar-refractivity contribution in [3.05, 3.63) is 24.3 Å². The highest BCUT2D eigenvalue weighted by Gasteiger charge is 2.49. The summed E-state index contributed by atoms with van der Waals surface area (Å²) in [6.07, 6.45) is 10.1. The molecule has 5 heteroatoms. The van der Waals surface area contributed by atoms with E-state index in [2.05, 4.69) is 0 Å². The average Bonchev–Trinajstić information content (AvgIpc) is 2.65. The average molecular weight is 311 g/mol. The lowest BCUT2D eigenvalue weighted by molar-refractivity contribution is -0.0503. The monoisotopic (exact) mass is 311 g/mol. The first-order valence-electron chi connectivity index (χ1n) is 7.83. The molecule has 0 atom stereocenters. The molecule has 22 heavy (non-hydrogen) atoms. The normalized spacial score (nSPS) is 20.1. The zero-order valence-electron chi connectivity index (χ0n) is 14.2. The van der Waals surface area contributed by atoms with Crippen molar-refractivity contribution in [1.82, 2.24) is 4.90 Å². The Morgan fingerprint density at radius 2 is 1.82 bits per heavy atom. The van der Waals surface area contributed by atoms with Gasteiger partial charge in [-0.05, 0) is 47.0 Å². The molecule has 126 valence electrons. The van der Waals surface area contributed by atoms with Crippen LogP contribution in [0.5, 0.6) is 0 Å². The Labute approximate surface area is 133 Å². The summed E-state index contributed by atoms with van der Waals surface area (Å²) in [5.74, 6) is 0. The molecular formula is C17H29NO4. The Bertz CT molecular complexity index is 397. The molecule has 0 aromatic carbocycles. The molecule has 1 aliphatic rings. The van der Waals surface area contributed by atoms with Crippen LogP contribution in [0.1, 0.15) is 47.0 Å². The Morgan fingerprint density at radius 1 is 1.18 bits per heavy atom. The fourth-order valence-electron chi connectivity index (χ4n) is 2.59. The smallest absolute Gasteiger partial charge is 0.412 e. The minimum Gasteiger partial charge on any atom is -0.445 e. The van der Waals surface area contributed by atoms with Crippen molar-refractivity contribution in [2.75, 3.05) is 19.8 Å². The van der Waals surface area contributed by atoms with Crippen molar-refractivity contribution in [2.45, 2.75) is 58.2 Å². The van der Waals surface area contributed by atoms with Gasteiger partial charge in [0, 0.05) is 0 Å². The van der Waals surface area contributed by atoms with Crippen molar-refractivity contribution >= 4 is 6.09 Å². The number of ether oxygens (including phenoxy) is 2. The number of unbranched alkanes of at least 4 members (excludes halogenated alkanes) is 2. The Hall–Kier alpha value is -1.33. The van der Waals surface area contributed by atoms with Crippen LogP contribution in [-0.4, -0.2) is 47.2 Å². The molecule has 1 aliphatic heterocycles. The lowest BCUT2D eigenvalue weighted by atomic mass is 10.0. The highest BCUT2D eigenvalue weighted by Crippen LogP contribution is 2.34. The molecule has 0 spiro atoms. The molecule has 1 rings (SSSR count). The maximum atomic E-state index is 12.2. The second-order valence-corrected chi connectivity index (χ2v) is 6.52. The SMILES string of the molecule is CC1(C)COC(C)(C)N1C(=O)OC/C=C/CCC/C=C/CO. The summed E-state index contributed by atoms with van der Waals surface area (Å²) < 4.78 is 11.0. The maximum absolute atomic E-state index is 12.2. The molecule has 0 aliphatic carbocycles. The fourth-order valence-corrected chi connectivity index (χ4v) is 2.59. The molecule has 1 amide bonds. The van der Waals surface area contributed by atoms with Crippen LogP contribution in [0.15, 0.2) is 24.3 Å². The first-order chi connectivity index (χ1) is 10.3. The van der Waals surface area contributed by atoms with Gasteiger partial charge in [-0.1, -0.05) is 24.3 Å². The van der Waals surface area contributed by atoms with E-state index in [0.29, 0.717) is 6.61 Å². The van der Waals surface area contributed by atoms with Gasteiger partial charge >= 0.3 is 6.09 Å². The van der Waals surface area contributed by atoms with E-state index in [4.69, 9.17) is 14.6 Å². The summed E-state index contributed by atoms with van der Waals surface area (Å²) >= 11 is 0. The molecule has 0 unspecified atom stereocenters. The molecular weight excluding hydrogens is 282 g/mol. The van der Waals surface area contributed by atoms with Gasteiger partial charge in [0.25, 0.3) is 0 Å². The number of aliphatic hydroxyl groups excluding tert-OH is 1. The molecule has 1 fully saturated rings. The zero-order valence-corrected chi connectivity index (χ0v) is 14.2. The van der Waals surface area contributed by atoms with Gasteiger partial charge in [-0.3, -0.25) is 4.90 Å². The number of allylic oxidation sites excluding steroid dienone is 2. The second kappa shape index (κ2) is 8.34. The van der Waals surface area contributed by atoms with Gasteiger partial charge in [0.1, 0.15) is 12.3 Å². The van der Waals surface area contributed by atoms with Gasteiger partial charge in [0.05, 0.1) is 18.8 Å². The van der Waals surface area contributed by atoms with E-state index in [-0.39, 0.29) is 24.8 Å². The summed E-state index contributed by atoms with van der Waals surface area (Å²) in [5.41, 5.74) is -0.993. The first-order valence-corrected chi connectivity index (χ1v) is 7.83. The van der Waals surface area contributed by atoms with Gasteiger partial charge in [-0.25, -0.2) is 4.79 Å². The second-order valence-electron chi connectivity index (χ2n) is 6.52. The summed E-state index contributed by atoms with van der Waals surface area (Å²) in [5, 5.41) is 8.59. The largest absolute Gasteiger partial charge is 0.445 e. The van der Waals surface area contributed by atoms with E-state index in [9.17, 15) is 4.79 Å². The van der Waals surface area contributed by atoms with Crippen LogP contribution in [0.2, 0.25) is 0 Å². The molecule has 0 radical (unpaired) electrons. The van der Waals surface area contributed by atoms with Gasteiger partial charge in [-0.15, -0.1) is 0 Å². The van der Waals surface area contributed by atoms with Crippen molar-refractivity contribution in [3.63, 3.8) is 0 Å². The Morgan fingerprint density at radius 3 is 2.36 bits per heavy atom. The van der Waals surface area contributed by atoms with Gasteiger partial charge in [0.15, 0.2) is 0 Å². The molecule has 1 heterocycles. The van der Waals surface area contributed by atoms with E-state index >= 15 is 0 Å². The van der Waals surface area contributed by atoms with Crippen LogP contribution in [-0.2, 0) is 9.47 Å². The molecule has 0 saturated carbocycles. The highest BCUT2D eigenvalue weighted by molar-refractivity contribution is 5.70. The van der Waals surface area contributed by atoms with Crippen LogP contribution in [0.25, 0.3) is 0 Å². The Kier molecular flexibility index (Phi) is 7.10. The van der Waals surface area contributed by atoms with Crippen LogP contribution in [0.4, 0.5) is 4.79 Å². The third-order valence-corrected chi connectivity index (χ3v) is 3.59. The molecule has 0 aromatic rings. The number of rotatable bonds is 7. The Balaban J connectivity index is 2.30. The number of nitrogens with zero attached hydrogens (tertiary/aromatic N) is 1. The third-order valence-electron chi connectivity index (χ3n) is 3.59. The van der Waals surface area contributed by atoms with Crippen molar-refractivity contribution in [1.29, 1.82) is 0 Å². The van der Waals surface area contributed by atoms with Gasteiger partial charge < -0.3 is 14.6 Å². The number of amides is 1. The van der Waals surface area contributed by atoms with E-state index in [0.717, 1.165) is 19.3 Å². The topological polar surface area (TPSA) is 59.0 Å². The summed E-state index contributed by atoms with van der Waals surface area (Å²) in [6, 6.07) is 0. The van der Waals surface area contributed by atoms with Crippen molar-refractivity contribution < 1.29 is 19.4 Å². The zero-order chi connectivity index (χ0) is 16.6. The number of carbonyl (C=O) groups is 1. The lowest BCUT2D eigenvalue weighted by Crippen LogP contribution is -2.52. The molecule has 1 saturated heterocycles.